The molecule has 0 bridgehead atoms. The number of benzene rings is 1. The molecular weight excluding hydrogens is 312 g/mol. The van der Waals surface area contributed by atoms with Gasteiger partial charge < -0.3 is 4.90 Å². The van der Waals surface area contributed by atoms with Crippen LogP contribution in [0.2, 0.25) is 0 Å². The minimum atomic E-state index is -3.51. The highest BCUT2D eigenvalue weighted by Gasteiger charge is 2.35. The Morgan fingerprint density at radius 3 is 2.35 bits per heavy atom. The summed E-state index contributed by atoms with van der Waals surface area (Å²) >= 11 is 0. The molecule has 1 unspecified atom stereocenters. The van der Waals surface area contributed by atoms with Crippen molar-refractivity contribution in [1.82, 2.24) is 9.21 Å². The predicted molar refractivity (Wildman–Crippen MR) is 88.5 cm³/mol. The van der Waals surface area contributed by atoms with Crippen LogP contribution in [-0.4, -0.2) is 49.7 Å². The standard InChI is InChI=1S/C17H24N2O3S/c1-14-6-8-16(9-7-14)23(21,22)19-12-4-5-15(13-19)17(20)18-10-2-3-11-18/h6-9,15H,2-5,10-13H2,1H3. The summed E-state index contributed by atoms with van der Waals surface area (Å²) in [5.41, 5.74) is 1.03. The molecule has 6 heteroatoms. The van der Waals surface area contributed by atoms with E-state index in [1.165, 1.54) is 4.31 Å². The predicted octanol–water partition coefficient (Wildman–Crippen LogP) is 2.02. The molecule has 0 saturated carbocycles. The van der Waals surface area contributed by atoms with Crippen molar-refractivity contribution in [2.24, 2.45) is 5.92 Å². The maximum absolute atomic E-state index is 12.8. The molecular formula is C17H24N2O3S. The summed E-state index contributed by atoms with van der Waals surface area (Å²) in [5, 5.41) is 0. The van der Waals surface area contributed by atoms with E-state index in [2.05, 4.69) is 0 Å². The monoisotopic (exact) mass is 336 g/mol. The van der Waals surface area contributed by atoms with E-state index in [0.29, 0.717) is 18.0 Å². The van der Waals surface area contributed by atoms with Crippen molar-refractivity contribution in [3.05, 3.63) is 29.8 Å². The number of aryl methyl sites for hydroxylation is 1. The topological polar surface area (TPSA) is 57.7 Å². The van der Waals surface area contributed by atoms with Gasteiger partial charge in [-0.3, -0.25) is 4.79 Å². The van der Waals surface area contributed by atoms with Crippen molar-refractivity contribution >= 4 is 15.9 Å². The molecule has 0 N–H and O–H groups in total. The third-order valence-corrected chi connectivity index (χ3v) is 6.69. The molecule has 126 valence electrons. The lowest BCUT2D eigenvalue weighted by molar-refractivity contribution is -0.135. The Morgan fingerprint density at radius 2 is 1.70 bits per heavy atom. The molecule has 2 aliphatic heterocycles. The minimum absolute atomic E-state index is 0.131. The molecule has 2 heterocycles. The van der Waals surface area contributed by atoms with Crippen LogP contribution >= 0.6 is 0 Å². The second-order valence-electron chi connectivity index (χ2n) is 6.55. The molecule has 5 nitrogen and oxygen atoms in total. The zero-order chi connectivity index (χ0) is 16.4. The van der Waals surface area contributed by atoms with Gasteiger partial charge in [-0.1, -0.05) is 17.7 Å². The van der Waals surface area contributed by atoms with Crippen molar-refractivity contribution in [1.29, 1.82) is 0 Å². The van der Waals surface area contributed by atoms with Crippen LogP contribution in [0.5, 0.6) is 0 Å². The van der Waals surface area contributed by atoms with Gasteiger partial charge in [0, 0.05) is 26.2 Å². The zero-order valence-electron chi connectivity index (χ0n) is 13.6. The number of nitrogens with zero attached hydrogens (tertiary/aromatic N) is 2. The van der Waals surface area contributed by atoms with Crippen molar-refractivity contribution in [3.8, 4) is 0 Å². The zero-order valence-corrected chi connectivity index (χ0v) is 14.4. The number of carbonyl (C=O) groups is 1. The van der Waals surface area contributed by atoms with E-state index in [-0.39, 0.29) is 11.8 Å². The molecule has 0 spiro atoms. The van der Waals surface area contributed by atoms with E-state index in [9.17, 15) is 13.2 Å². The lowest BCUT2D eigenvalue weighted by atomic mass is 9.98. The second-order valence-corrected chi connectivity index (χ2v) is 8.49. The Morgan fingerprint density at radius 1 is 1.04 bits per heavy atom. The molecule has 0 radical (unpaired) electrons. The van der Waals surface area contributed by atoms with E-state index in [0.717, 1.165) is 44.3 Å². The Balaban J connectivity index is 1.74. The smallest absolute Gasteiger partial charge is 0.243 e. The van der Waals surface area contributed by atoms with Crippen LogP contribution in [-0.2, 0) is 14.8 Å². The summed E-state index contributed by atoms with van der Waals surface area (Å²) < 4.78 is 27.1. The van der Waals surface area contributed by atoms with E-state index in [4.69, 9.17) is 0 Å². The van der Waals surface area contributed by atoms with Crippen LogP contribution in [0.3, 0.4) is 0 Å². The van der Waals surface area contributed by atoms with Gasteiger partial charge in [-0.05, 0) is 44.7 Å². The fraction of sp³-hybridized carbons (Fsp3) is 0.588. The van der Waals surface area contributed by atoms with Gasteiger partial charge in [0.1, 0.15) is 0 Å². The Kier molecular flexibility index (Phi) is 4.73. The number of hydrogen-bond acceptors (Lipinski definition) is 3. The van der Waals surface area contributed by atoms with E-state index < -0.39 is 10.0 Å². The molecule has 23 heavy (non-hydrogen) atoms. The number of likely N-dealkylation sites (tertiary alicyclic amines) is 1. The summed E-state index contributed by atoms with van der Waals surface area (Å²) in [6.45, 7) is 4.38. The third kappa shape index (κ3) is 3.43. The summed E-state index contributed by atoms with van der Waals surface area (Å²) in [6, 6.07) is 6.92. The maximum atomic E-state index is 12.8. The summed E-state index contributed by atoms with van der Waals surface area (Å²) in [7, 11) is -3.51. The first kappa shape index (κ1) is 16.5. The first-order chi connectivity index (χ1) is 11.0. The Labute approximate surface area is 138 Å². The molecule has 2 saturated heterocycles. The molecule has 1 amide bonds. The van der Waals surface area contributed by atoms with Crippen LogP contribution in [0.15, 0.2) is 29.2 Å². The Bertz CT molecular complexity index is 664. The van der Waals surface area contributed by atoms with Crippen molar-refractivity contribution in [2.75, 3.05) is 26.2 Å². The van der Waals surface area contributed by atoms with Crippen molar-refractivity contribution in [2.45, 2.75) is 37.5 Å². The Hall–Kier alpha value is -1.40. The quantitative estimate of drug-likeness (QED) is 0.848. The average molecular weight is 336 g/mol. The minimum Gasteiger partial charge on any atom is -0.342 e. The molecule has 1 aromatic rings. The lowest BCUT2D eigenvalue weighted by Gasteiger charge is -2.33. The van der Waals surface area contributed by atoms with Gasteiger partial charge in [0.2, 0.25) is 15.9 Å². The molecule has 1 atom stereocenters. The summed E-state index contributed by atoms with van der Waals surface area (Å²) in [6.07, 6.45) is 3.65. The van der Waals surface area contributed by atoms with Gasteiger partial charge in [-0.2, -0.15) is 4.31 Å². The second kappa shape index (κ2) is 6.61. The summed E-state index contributed by atoms with van der Waals surface area (Å²) in [4.78, 5) is 14.8. The van der Waals surface area contributed by atoms with Gasteiger partial charge in [0.25, 0.3) is 0 Å². The molecule has 2 aliphatic rings. The van der Waals surface area contributed by atoms with Gasteiger partial charge in [0.05, 0.1) is 10.8 Å². The van der Waals surface area contributed by atoms with Crippen molar-refractivity contribution in [3.63, 3.8) is 0 Å². The van der Waals surface area contributed by atoms with Crippen LogP contribution < -0.4 is 0 Å². The highest BCUT2D eigenvalue weighted by atomic mass is 32.2. The van der Waals surface area contributed by atoms with Crippen LogP contribution in [0, 0.1) is 12.8 Å². The number of amides is 1. The van der Waals surface area contributed by atoms with E-state index in [1.807, 2.05) is 24.0 Å². The molecule has 0 aliphatic carbocycles. The third-order valence-electron chi connectivity index (χ3n) is 4.81. The SMILES string of the molecule is Cc1ccc(S(=O)(=O)N2CCCC(C(=O)N3CCCC3)C2)cc1. The largest absolute Gasteiger partial charge is 0.342 e. The number of piperidine rings is 1. The molecule has 3 rings (SSSR count). The lowest BCUT2D eigenvalue weighted by Crippen LogP contribution is -2.46. The van der Waals surface area contributed by atoms with Crippen LogP contribution in [0.4, 0.5) is 0 Å². The normalized spacial score (nSPS) is 23.2. The number of rotatable bonds is 3. The van der Waals surface area contributed by atoms with E-state index in [1.54, 1.807) is 12.1 Å². The van der Waals surface area contributed by atoms with Crippen LogP contribution in [0.25, 0.3) is 0 Å². The highest BCUT2D eigenvalue weighted by Crippen LogP contribution is 2.26. The fourth-order valence-corrected chi connectivity index (χ4v) is 4.94. The number of carbonyl (C=O) groups excluding carboxylic acids is 1. The highest BCUT2D eigenvalue weighted by molar-refractivity contribution is 7.89. The molecule has 1 aromatic carbocycles. The van der Waals surface area contributed by atoms with Gasteiger partial charge in [0.15, 0.2) is 0 Å². The number of hydrogen-bond donors (Lipinski definition) is 0. The number of sulfonamides is 1. The van der Waals surface area contributed by atoms with Crippen molar-refractivity contribution < 1.29 is 13.2 Å². The first-order valence-electron chi connectivity index (χ1n) is 8.34. The molecule has 2 fully saturated rings. The van der Waals surface area contributed by atoms with E-state index >= 15 is 0 Å². The fourth-order valence-electron chi connectivity index (χ4n) is 3.42. The average Bonchev–Trinajstić information content (AvgIpc) is 3.09. The summed E-state index contributed by atoms with van der Waals surface area (Å²) in [5.74, 6) is -0.0617. The maximum Gasteiger partial charge on any atom is 0.243 e. The van der Waals surface area contributed by atoms with Crippen LogP contribution in [0.1, 0.15) is 31.2 Å². The molecule has 0 aromatic heterocycles. The van der Waals surface area contributed by atoms with Gasteiger partial charge in [-0.25, -0.2) is 8.42 Å². The van der Waals surface area contributed by atoms with Gasteiger partial charge >= 0.3 is 0 Å². The first-order valence-corrected chi connectivity index (χ1v) is 9.78. The van der Waals surface area contributed by atoms with Gasteiger partial charge in [-0.15, -0.1) is 0 Å².